The summed E-state index contributed by atoms with van der Waals surface area (Å²) in [6.07, 6.45) is -22.5. The van der Waals surface area contributed by atoms with Crippen LogP contribution in [0.4, 0.5) is 64.1 Å². The zero-order valence-electron chi connectivity index (χ0n) is 35.5. The fourth-order valence-electron chi connectivity index (χ4n) is 8.76. The first-order valence-electron chi connectivity index (χ1n) is 21.1. The van der Waals surface area contributed by atoms with E-state index in [1.54, 1.807) is 72.8 Å². The summed E-state index contributed by atoms with van der Waals surface area (Å²) < 4.78 is 164. The first-order chi connectivity index (χ1) is 32.1. The minimum Gasteiger partial charge on any atom is -0.406 e. The third-order valence-corrected chi connectivity index (χ3v) is 11.6. The van der Waals surface area contributed by atoms with E-state index in [2.05, 4.69) is 9.47 Å². The number of anilines is 2. The summed E-state index contributed by atoms with van der Waals surface area (Å²) in [5.41, 5.74) is 6.14. The van der Waals surface area contributed by atoms with Gasteiger partial charge in [0.2, 0.25) is 0 Å². The van der Waals surface area contributed by atoms with Gasteiger partial charge in [-0.05, 0) is 107 Å². The molecular formula is C50H42F12N2O4. The summed E-state index contributed by atoms with van der Waals surface area (Å²) in [6.45, 7) is -1.34. The lowest BCUT2D eigenvalue weighted by Gasteiger charge is -2.41. The van der Waals surface area contributed by atoms with Gasteiger partial charge in [0.15, 0.2) is 12.2 Å². The molecule has 6 nitrogen and oxygen atoms in total. The van der Waals surface area contributed by atoms with Crippen LogP contribution in [0.25, 0.3) is 22.3 Å². The second kappa shape index (κ2) is 20.1. The third kappa shape index (κ3) is 12.2. The highest BCUT2D eigenvalue weighted by molar-refractivity contribution is 5.78. The van der Waals surface area contributed by atoms with Gasteiger partial charge in [-0.25, -0.2) is 0 Å². The molecule has 18 heteroatoms. The average molecular weight is 963 g/mol. The van der Waals surface area contributed by atoms with Gasteiger partial charge < -0.3 is 29.5 Å². The lowest BCUT2D eigenvalue weighted by molar-refractivity contribution is -0.275. The van der Waals surface area contributed by atoms with Crippen LogP contribution < -0.4 is 19.3 Å². The van der Waals surface area contributed by atoms with Crippen molar-refractivity contribution in [1.29, 1.82) is 0 Å². The maximum absolute atomic E-state index is 13.3. The molecule has 4 atom stereocenters. The van der Waals surface area contributed by atoms with Crippen molar-refractivity contribution in [3.8, 4) is 33.8 Å². The van der Waals surface area contributed by atoms with E-state index in [-0.39, 0.29) is 11.5 Å². The topological polar surface area (TPSA) is 65.4 Å². The van der Waals surface area contributed by atoms with Crippen LogP contribution in [0, 0.1) is 0 Å². The second-order valence-electron chi connectivity index (χ2n) is 16.1. The molecule has 2 heterocycles. The number of fused-ring (bicyclic) bond motifs is 2. The summed E-state index contributed by atoms with van der Waals surface area (Å²) in [4.78, 5) is 3.07. The molecule has 4 unspecified atom stereocenters. The Balaban J connectivity index is 0.000000201. The summed E-state index contributed by atoms with van der Waals surface area (Å²) in [5, 5.41) is 19.7. The van der Waals surface area contributed by atoms with Gasteiger partial charge in [0.1, 0.15) is 11.5 Å². The van der Waals surface area contributed by atoms with E-state index < -0.39 is 62.5 Å². The highest BCUT2D eigenvalue weighted by Crippen LogP contribution is 2.46. The van der Waals surface area contributed by atoms with Crippen LogP contribution in [0.2, 0.25) is 0 Å². The number of hydrogen-bond donors (Lipinski definition) is 2. The normalized spacial score (nSPS) is 17.3. The average Bonchev–Trinajstić information content (AvgIpc) is 3.28. The summed E-state index contributed by atoms with van der Waals surface area (Å²) in [5.74, 6) is -0.769. The van der Waals surface area contributed by atoms with E-state index in [1.807, 2.05) is 36.4 Å². The van der Waals surface area contributed by atoms with Crippen LogP contribution in [-0.2, 0) is 12.8 Å². The number of nitrogens with zero attached hydrogens (tertiary/aromatic N) is 2. The number of halogens is 12. The van der Waals surface area contributed by atoms with E-state index in [0.29, 0.717) is 70.4 Å². The van der Waals surface area contributed by atoms with Crippen LogP contribution >= 0.6 is 0 Å². The predicted octanol–water partition coefficient (Wildman–Crippen LogP) is 13.3. The van der Waals surface area contributed by atoms with Crippen LogP contribution in [0.1, 0.15) is 47.2 Å². The Labute approximate surface area is 382 Å². The van der Waals surface area contributed by atoms with Crippen molar-refractivity contribution in [3.63, 3.8) is 0 Å². The molecule has 2 N–H and O–H groups in total. The van der Waals surface area contributed by atoms with E-state index in [9.17, 15) is 62.9 Å². The first kappa shape index (κ1) is 49.5. The lowest BCUT2D eigenvalue weighted by atomic mass is 9.86. The molecule has 0 fully saturated rings. The molecule has 0 spiro atoms. The second-order valence-corrected chi connectivity index (χ2v) is 16.1. The maximum atomic E-state index is 13.3. The molecule has 0 saturated heterocycles. The molecule has 68 heavy (non-hydrogen) atoms. The van der Waals surface area contributed by atoms with Crippen LogP contribution in [0.3, 0.4) is 0 Å². The molecule has 6 aromatic carbocycles. The minimum absolute atomic E-state index is 0.384. The molecule has 2 aliphatic heterocycles. The Kier molecular flexibility index (Phi) is 14.6. The largest absolute Gasteiger partial charge is 0.573 e. The Bertz CT molecular complexity index is 2440. The van der Waals surface area contributed by atoms with Crippen molar-refractivity contribution >= 4 is 11.4 Å². The SMILES string of the molecule is OC(CN1c2cccc(-c3cccc(OC(F)(F)F)c3)c2CCC1c1ccccc1)C(F)(F)F.OC(CN1c2cccc(-c3cccc(OC(F)(F)F)c3)c2CCC1c1ccccc1)C(F)(F)F. The van der Waals surface area contributed by atoms with Gasteiger partial charge in [-0.3, -0.25) is 0 Å². The molecule has 6 aromatic rings. The number of β-amino-alcohol motifs (C(OH)–C–C–N with tert-alkyl or cyclic N) is 2. The minimum atomic E-state index is -4.85. The summed E-state index contributed by atoms with van der Waals surface area (Å²) in [7, 11) is 0. The van der Waals surface area contributed by atoms with Crippen molar-refractivity contribution in [2.75, 3.05) is 22.9 Å². The van der Waals surface area contributed by atoms with Gasteiger partial charge in [0.25, 0.3) is 0 Å². The van der Waals surface area contributed by atoms with Gasteiger partial charge in [0, 0.05) is 11.4 Å². The molecule has 8 rings (SSSR count). The van der Waals surface area contributed by atoms with E-state index in [1.165, 1.54) is 46.2 Å². The highest BCUT2D eigenvalue weighted by atomic mass is 19.4. The standard InChI is InChI=1S/2C25H21F6NO2/c2*26-24(27,28)23(33)15-32-21(16-6-2-1-3-7-16)13-12-20-19(10-5-11-22(20)32)17-8-4-9-18(14-17)34-25(29,30)31/h2*1-11,14,21,23,33H,12-13,15H2. The molecule has 360 valence electrons. The van der Waals surface area contributed by atoms with Gasteiger partial charge in [-0.2, -0.15) is 26.3 Å². The quantitative estimate of drug-likeness (QED) is 0.133. The fourth-order valence-corrected chi connectivity index (χ4v) is 8.76. The van der Waals surface area contributed by atoms with E-state index in [4.69, 9.17) is 0 Å². The fraction of sp³-hybridized carbons (Fsp3) is 0.280. The zero-order valence-corrected chi connectivity index (χ0v) is 35.5. The number of ether oxygens (including phenoxy) is 2. The van der Waals surface area contributed by atoms with Crippen molar-refractivity contribution in [3.05, 3.63) is 168 Å². The summed E-state index contributed by atoms with van der Waals surface area (Å²) in [6, 6.07) is 38.3. The van der Waals surface area contributed by atoms with Gasteiger partial charge in [-0.1, -0.05) is 109 Å². The molecule has 2 aliphatic rings. The molecule has 0 radical (unpaired) electrons. The number of aliphatic hydroxyl groups is 2. The molecule has 0 aliphatic carbocycles. The molecule has 0 bridgehead atoms. The molecule has 0 amide bonds. The lowest BCUT2D eigenvalue weighted by Crippen LogP contribution is -2.44. The zero-order chi connectivity index (χ0) is 49.0. The third-order valence-electron chi connectivity index (χ3n) is 11.6. The Hall–Kier alpha value is -6.40. The maximum Gasteiger partial charge on any atom is 0.573 e. The number of alkyl halides is 12. The highest BCUT2D eigenvalue weighted by Gasteiger charge is 2.43. The summed E-state index contributed by atoms with van der Waals surface area (Å²) >= 11 is 0. The predicted molar refractivity (Wildman–Crippen MR) is 231 cm³/mol. The first-order valence-corrected chi connectivity index (χ1v) is 21.1. The van der Waals surface area contributed by atoms with Crippen LogP contribution in [0.5, 0.6) is 11.5 Å². The Morgan fingerprint density at radius 3 is 1.15 bits per heavy atom. The van der Waals surface area contributed by atoms with Gasteiger partial charge in [0.05, 0.1) is 25.2 Å². The number of rotatable bonds is 10. The van der Waals surface area contributed by atoms with Crippen LogP contribution in [-0.4, -0.2) is 60.6 Å². The smallest absolute Gasteiger partial charge is 0.406 e. The molecule has 0 aromatic heterocycles. The van der Waals surface area contributed by atoms with Crippen molar-refractivity contribution < 1.29 is 72.4 Å². The van der Waals surface area contributed by atoms with Gasteiger partial charge in [-0.15, -0.1) is 26.3 Å². The van der Waals surface area contributed by atoms with E-state index in [0.717, 1.165) is 11.1 Å². The van der Waals surface area contributed by atoms with Crippen molar-refractivity contribution in [2.45, 2.75) is 75.1 Å². The number of benzene rings is 6. The van der Waals surface area contributed by atoms with Crippen LogP contribution in [0.15, 0.2) is 146 Å². The van der Waals surface area contributed by atoms with Crippen molar-refractivity contribution in [2.24, 2.45) is 0 Å². The van der Waals surface area contributed by atoms with Crippen molar-refractivity contribution in [1.82, 2.24) is 0 Å². The van der Waals surface area contributed by atoms with Gasteiger partial charge >= 0.3 is 25.1 Å². The number of aliphatic hydroxyl groups excluding tert-OH is 2. The molecular weight excluding hydrogens is 921 g/mol. The van der Waals surface area contributed by atoms with E-state index >= 15 is 0 Å². The molecule has 0 saturated carbocycles. The number of hydrogen-bond acceptors (Lipinski definition) is 6. The Morgan fingerprint density at radius 1 is 0.456 bits per heavy atom. The monoisotopic (exact) mass is 962 g/mol. The Morgan fingerprint density at radius 2 is 0.809 bits per heavy atom.